The molecule has 1 aliphatic heterocycles. The summed E-state index contributed by atoms with van der Waals surface area (Å²) in [5.41, 5.74) is 0.768. The third-order valence-electron chi connectivity index (χ3n) is 5.69. The Morgan fingerprint density at radius 2 is 1.87 bits per heavy atom. The van der Waals surface area contributed by atoms with E-state index in [2.05, 4.69) is 22.8 Å². The molecule has 2 N–H and O–H groups in total. The minimum absolute atomic E-state index is 0.00253. The van der Waals surface area contributed by atoms with Gasteiger partial charge in [-0.2, -0.15) is 10.5 Å². The molecule has 1 heterocycles. The van der Waals surface area contributed by atoms with Gasteiger partial charge in [0.2, 0.25) is 11.8 Å². The molecule has 0 bridgehead atoms. The van der Waals surface area contributed by atoms with Gasteiger partial charge in [0, 0.05) is 16.7 Å². The third kappa shape index (κ3) is 4.24. The van der Waals surface area contributed by atoms with Crippen LogP contribution in [0.2, 0.25) is 0 Å². The fraction of sp³-hybridized carbons (Fsp3) is 0.409. The smallest absolute Gasteiger partial charge is 0.243 e. The summed E-state index contributed by atoms with van der Waals surface area (Å²) in [6.07, 6.45) is 4.00. The fourth-order valence-corrected chi connectivity index (χ4v) is 5.08. The Labute approximate surface area is 179 Å². The highest BCUT2D eigenvalue weighted by Gasteiger charge is 2.51. The van der Waals surface area contributed by atoms with Gasteiger partial charge < -0.3 is 10.6 Å². The normalized spacial score (nSPS) is 20.1. The van der Waals surface area contributed by atoms with Gasteiger partial charge in [-0.1, -0.05) is 31.0 Å². The number of benzene rings is 1. The monoisotopic (exact) mass is 422 g/mol. The highest BCUT2D eigenvalue weighted by molar-refractivity contribution is 8.03. The summed E-state index contributed by atoms with van der Waals surface area (Å²) in [4.78, 5) is 36.3. The van der Waals surface area contributed by atoms with E-state index in [4.69, 9.17) is 0 Å². The second kappa shape index (κ2) is 9.15. The van der Waals surface area contributed by atoms with Crippen LogP contribution in [0.25, 0.3) is 0 Å². The summed E-state index contributed by atoms with van der Waals surface area (Å²) < 4.78 is 0. The molecular weight excluding hydrogens is 400 g/mol. The second-order valence-electron chi connectivity index (χ2n) is 7.55. The summed E-state index contributed by atoms with van der Waals surface area (Å²) in [7, 11) is 0. The van der Waals surface area contributed by atoms with Crippen molar-refractivity contribution in [2.24, 2.45) is 11.3 Å². The number of hydrogen-bond acceptors (Lipinski definition) is 6. The number of amides is 2. The van der Waals surface area contributed by atoms with Crippen LogP contribution < -0.4 is 10.6 Å². The van der Waals surface area contributed by atoms with Crippen molar-refractivity contribution >= 4 is 35.0 Å². The van der Waals surface area contributed by atoms with Gasteiger partial charge in [-0.3, -0.25) is 14.4 Å². The molecule has 0 saturated heterocycles. The van der Waals surface area contributed by atoms with Crippen LogP contribution in [-0.4, -0.2) is 23.4 Å². The lowest BCUT2D eigenvalue weighted by atomic mass is 9.61. The molecule has 1 aromatic carbocycles. The molecular formula is C22H22N4O3S. The Kier molecular flexibility index (Phi) is 6.59. The molecule has 0 radical (unpaired) electrons. The van der Waals surface area contributed by atoms with Gasteiger partial charge in [-0.25, -0.2) is 0 Å². The molecule has 8 heteroatoms. The molecule has 30 heavy (non-hydrogen) atoms. The van der Waals surface area contributed by atoms with E-state index in [9.17, 15) is 24.9 Å². The molecule has 2 aliphatic rings. The number of ketones is 1. The molecule has 0 aromatic heterocycles. The van der Waals surface area contributed by atoms with Crippen molar-refractivity contribution in [3.8, 4) is 12.1 Å². The number of carbonyl (C=O) groups is 3. The van der Waals surface area contributed by atoms with Crippen LogP contribution in [0.15, 0.2) is 34.9 Å². The van der Waals surface area contributed by atoms with E-state index in [1.165, 1.54) is 6.92 Å². The fourth-order valence-electron chi connectivity index (χ4n) is 4.16. The quantitative estimate of drug-likeness (QED) is 0.700. The lowest BCUT2D eigenvalue weighted by molar-refractivity contribution is -0.126. The van der Waals surface area contributed by atoms with E-state index in [-0.39, 0.29) is 17.4 Å². The molecule has 1 saturated carbocycles. The Morgan fingerprint density at radius 1 is 1.20 bits per heavy atom. The van der Waals surface area contributed by atoms with E-state index < -0.39 is 17.2 Å². The van der Waals surface area contributed by atoms with E-state index >= 15 is 0 Å². The minimum atomic E-state index is -0.884. The molecule has 1 spiro atoms. The second-order valence-corrected chi connectivity index (χ2v) is 8.54. The molecule has 1 unspecified atom stereocenters. The first-order chi connectivity index (χ1) is 14.4. The summed E-state index contributed by atoms with van der Waals surface area (Å²) in [6.45, 7) is 1.47. The largest absolute Gasteiger partial charge is 0.325 e. The molecule has 7 nitrogen and oxygen atoms in total. The zero-order valence-electron chi connectivity index (χ0n) is 16.7. The number of nitrogens with one attached hydrogen (secondary N) is 2. The van der Waals surface area contributed by atoms with Gasteiger partial charge in [-0.05, 0) is 44.0 Å². The van der Waals surface area contributed by atoms with Crippen LogP contribution in [0, 0.1) is 34.0 Å². The topological polar surface area (TPSA) is 123 Å². The first-order valence-corrected chi connectivity index (χ1v) is 10.8. The van der Waals surface area contributed by atoms with Crippen molar-refractivity contribution in [2.75, 3.05) is 11.1 Å². The van der Waals surface area contributed by atoms with Gasteiger partial charge >= 0.3 is 0 Å². The number of rotatable bonds is 5. The van der Waals surface area contributed by atoms with Gasteiger partial charge in [0.1, 0.15) is 5.92 Å². The maximum Gasteiger partial charge on any atom is 0.243 e. The average Bonchev–Trinajstić information content (AvgIpc) is 2.73. The maximum absolute atomic E-state index is 12.6. The number of nitrogens with zero attached hydrogens (tertiary/aromatic N) is 2. The molecule has 1 aliphatic carbocycles. The minimum Gasteiger partial charge on any atom is -0.325 e. The number of thioether (sulfide) groups is 1. The third-order valence-corrected chi connectivity index (χ3v) is 6.69. The van der Waals surface area contributed by atoms with Crippen LogP contribution in [0.5, 0.6) is 0 Å². The Balaban J connectivity index is 1.75. The summed E-state index contributed by atoms with van der Waals surface area (Å²) in [5.74, 6) is -1.64. The van der Waals surface area contributed by atoms with Gasteiger partial charge in [0.25, 0.3) is 0 Å². The van der Waals surface area contributed by atoms with Gasteiger partial charge in [0.15, 0.2) is 5.78 Å². The Hall–Kier alpha value is -3.10. The maximum atomic E-state index is 12.6. The predicted molar refractivity (Wildman–Crippen MR) is 113 cm³/mol. The van der Waals surface area contributed by atoms with Crippen molar-refractivity contribution in [2.45, 2.75) is 39.0 Å². The van der Waals surface area contributed by atoms with Crippen molar-refractivity contribution in [1.82, 2.24) is 5.32 Å². The summed E-state index contributed by atoms with van der Waals surface area (Å²) >= 11 is 1.10. The Morgan fingerprint density at radius 3 is 2.43 bits per heavy atom. The lowest BCUT2D eigenvalue weighted by Gasteiger charge is -2.43. The van der Waals surface area contributed by atoms with E-state index in [1.54, 1.807) is 24.3 Å². The molecule has 154 valence electrons. The first-order valence-electron chi connectivity index (χ1n) is 9.80. The van der Waals surface area contributed by atoms with E-state index in [1.807, 2.05) is 0 Å². The lowest BCUT2D eigenvalue weighted by Crippen LogP contribution is -2.48. The molecule has 1 aromatic rings. The van der Waals surface area contributed by atoms with Gasteiger partial charge in [-0.15, -0.1) is 0 Å². The Bertz CT molecular complexity index is 979. The number of nitriles is 2. The number of anilines is 1. The van der Waals surface area contributed by atoms with Crippen LogP contribution >= 0.6 is 11.8 Å². The van der Waals surface area contributed by atoms with Crippen LogP contribution in [0.3, 0.4) is 0 Å². The SMILES string of the molecule is CC(=O)c1ccc(NC(=O)CSC2=C(C#N)C3(CCCCC3)C(C#N)C(=O)N2)cc1. The van der Waals surface area contributed by atoms with Crippen molar-refractivity contribution in [3.05, 3.63) is 40.4 Å². The van der Waals surface area contributed by atoms with Crippen molar-refractivity contribution in [1.29, 1.82) is 10.5 Å². The summed E-state index contributed by atoms with van der Waals surface area (Å²) in [5, 5.41) is 25.2. The average molecular weight is 423 g/mol. The number of carbonyl (C=O) groups excluding carboxylic acids is 3. The van der Waals surface area contributed by atoms with Crippen molar-refractivity contribution in [3.63, 3.8) is 0 Å². The standard InChI is InChI=1S/C22H22N4O3S/c1-14(27)15-5-7-16(8-6-15)25-19(28)13-30-21-18(12-24)22(9-3-2-4-10-22)17(11-23)20(29)26-21/h5-8,17H,2-4,9-10,13H2,1H3,(H,25,28)(H,26,29). The number of allylic oxidation sites excluding steroid dienone is 1. The van der Waals surface area contributed by atoms with E-state index in [0.717, 1.165) is 31.0 Å². The van der Waals surface area contributed by atoms with Crippen LogP contribution in [0.4, 0.5) is 5.69 Å². The number of hydrogen-bond donors (Lipinski definition) is 2. The van der Waals surface area contributed by atoms with Crippen LogP contribution in [0.1, 0.15) is 49.4 Å². The highest BCUT2D eigenvalue weighted by atomic mass is 32.2. The predicted octanol–water partition coefficient (Wildman–Crippen LogP) is 3.52. The molecule has 2 amide bonds. The molecule has 1 atom stereocenters. The molecule has 3 rings (SSSR count). The van der Waals surface area contributed by atoms with E-state index in [0.29, 0.717) is 34.7 Å². The first kappa shape index (κ1) is 21.6. The molecule has 1 fully saturated rings. The highest BCUT2D eigenvalue weighted by Crippen LogP contribution is 2.51. The van der Waals surface area contributed by atoms with Crippen molar-refractivity contribution < 1.29 is 14.4 Å². The van der Waals surface area contributed by atoms with Gasteiger partial charge in [0.05, 0.1) is 28.5 Å². The number of Topliss-reactive ketones (excluding diaryl/α,β-unsaturated/α-hetero) is 1. The zero-order chi connectivity index (χ0) is 21.7. The van der Waals surface area contributed by atoms with Crippen LogP contribution in [-0.2, 0) is 9.59 Å². The summed E-state index contributed by atoms with van der Waals surface area (Å²) in [6, 6.07) is 10.9. The zero-order valence-corrected chi connectivity index (χ0v) is 17.5.